The lowest BCUT2D eigenvalue weighted by Gasteiger charge is -1.98. The molecule has 0 aromatic rings. The van der Waals surface area contributed by atoms with Crippen molar-refractivity contribution in [1.29, 1.82) is 0 Å². The van der Waals surface area contributed by atoms with Crippen molar-refractivity contribution in [2.24, 2.45) is 5.16 Å². The smallest absolute Gasteiger partial charge is 0.355 e. The molecule has 0 aromatic carbocycles. The Labute approximate surface area is 70.3 Å². The summed E-state index contributed by atoms with van der Waals surface area (Å²) in [5, 5.41) is 3.23. The predicted molar refractivity (Wildman–Crippen MR) is 41.5 cm³/mol. The van der Waals surface area contributed by atoms with Crippen LogP contribution >= 0.6 is 0 Å². The Morgan fingerprint density at radius 2 is 1.92 bits per heavy atom. The zero-order chi connectivity index (χ0) is 9.56. The lowest BCUT2D eigenvalue weighted by Crippen LogP contribution is -2.14. The Morgan fingerprint density at radius 3 is 2.33 bits per heavy atom. The summed E-state index contributed by atoms with van der Waals surface area (Å²) in [5.41, 5.74) is 0.0204. The molecule has 0 saturated heterocycles. The van der Waals surface area contributed by atoms with Gasteiger partial charge in [0.2, 0.25) is 0 Å². The number of hydrogen-bond donors (Lipinski definition) is 0. The Hall–Kier alpha value is -1.39. The molecule has 0 saturated carbocycles. The van der Waals surface area contributed by atoms with Crippen LogP contribution in [0.4, 0.5) is 0 Å². The SMILES string of the molecule is CCOC(=O)/C(C)=N\OC(C)=O. The molecule has 0 radical (unpaired) electrons. The van der Waals surface area contributed by atoms with Crippen LogP contribution in [0.1, 0.15) is 20.8 Å². The second-order valence-corrected chi connectivity index (χ2v) is 1.98. The third-order valence-electron chi connectivity index (χ3n) is 0.882. The molecule has 0 unspecified atom stereocenters. The first-order valence-electron chi connectivity index (χ1n) is 3.47. The lowest BCUT2D eigenvalue weighted by molar-refractivity contribution is -0.141. The molecular weight excluding hydrogens is 162 g/mol. The highest BCUT2D eigenvalue weighted by Crippen LogP contribution is 1.86. The van der Waals surface area contributed by atoms with Crippen molar-refractivity contribution in [1.82, 2.24) is 0 Å². The molecule has 0 bridgehead atoms. The van der Waals surface area contributed by atoms with Crippen LogP contribution in [0.25, 0.3) is 0 Å². The van der Waals surface area contributed by atoms with Gasteiger partial charge in [-0.15, -0.1) is 0 Å². The average Bonchev–Trinajstić information content (AvgIpc) is 2.00. The summed E-state index contributed by atoms with van der Waals surface area (Å²) in [4.78, 5) is 25.3. The molecule has 0 heterocycles. The molecule has 0 amide bonds. The fraction of sp³-hybridized carbons (Fsp3) is 0.571. The number of carbonyl (C=O) groups is 2. The summed E-state index contributed by atoms with van der Waals surface area (Å²) in [5.74, 6) is -1.16. The summed E-state index contributed by atoms with van der Waals surface area (Å²) in [6.45, 7) is 4.55. The third-order valence-corrected chi connectivity index (χ3v) is 0.882. The lowest BCUT2D eigenvalue weighted by atomic mass is 10.4. The van der Waals surface area contributed by atoms with Gasteiger partial charge in [0.1, 0.15) is 0 Å². The highest BCUT2D eigenvalue weighted by atomic mass is 16.7. The van der Waals surface area contributed by atoms with Crippen LogP contribution in [0, 0.1) is 0 Å². The van der Waals surface area contributed by atoms with E-state index in [4.69, 9.17) is 0 Å². The van der Waals surface area contributed by atoms with Crippen molar-refractivity contribution in [3.63, 3.8) is 0 Å². The van der Waals surface area contributed by atoms with Crippen molar-refractivity contribution in [2.75, 3.05) is 6.61 Å². The molecule has 0 aromatic heterocycles. The van der Waals surface area contributed by atoms with Gasteiger partial charge >= 0.3 is 11.9 Å². The molecule has 5 nitrogen and oxygen atoms in total. The summed E-state index contributed by atoms with van der Waals surface area (Å²) < 4.78 is 4.57. The Bertz CT molecular complexity index is 209. The number of hydrogen-bond acceptors (Lipinski definition) is 5. The Kier molecular flexibility index (Phi) is 4.67. The van der Waals surface area contributed by atoms with Gasteiger partial charge in [0.15, 0.2) is 5.71 Å². The third kappa shape index (κ3) is 4.43. The van der Waals surface area contributed by atoms with Gasteiger partial charge in [-0.2, -0.15) is 0 Å². The molecule has 0 aliphatic heterocycles. The van der Waals surface area contributed by atoms with E-state index in [2.05, 4.69) is 14.7 Å². The minimum absolute atomic E-state index is 0.0204. The van der Waals surface area contributed by atoms with E-state index in [-0.39, 0.29) is 12.3 Å². The monoisotopic (exact) mass is 173 g/mol. The second-order valence-electron chi connectivity index (χ2n) is 1.98. The van der Waals surface area contributed by atoms with Gasteiger partial charge in [-0.05, 0) is 13.8 Å². The number of nitrogens with zero attached hydrogens (tertiary/aromatic N) is 1. The standard InChI is InChI=1S/C7H11NO4/c1-4-11-7(10)5(2)8-12-6(3)9/h4H2,1-3H3/b8-5-. The van der Waals surface area contributed by atoms with Gasteiger partial charge < -0.3 is 9.57 Å². The normalized spacial score (nSPS) is 10.8. The zero-order valence-electron chi connectivity index (χ0n) is 7.29. The molecule has 0 aliphatic carbocycles. The van der Waals surface area contributed by atoms with Crippen LogP contribution in [0.3, 0.4) is 0 Å². The van der Waals surface area contributed by atoms with E-state index in [1.165, 1.54) is 13.8 Å². The maximum absolute atomic E-state index is 10.8. The number of rotatable bonds is 3. The van der Waals surface area contributed by atoms with Gasteiger partial charge in [0, 0.05) is 6.92 Å². The van der Waals surface area contributed by atoms with E-state index in [0.29, 0.717) is 0 Å². The van der Waals surface area contributed by atoms with Crippen LogP contribution < -0.4 is 0 Å². The summed E-state index contributed by atoms with van der Waals surface area (Å²) in [6.07, 6.45) is 0. The first-order chi connectivity index (χ1) is 5.57. The minimum atomic E-state index is -0.584. The summed E-state index contributed by atoms with van der Waals surface area (Å²) in [6, 6.07) is 0. The average molecular weight is 173 g/mol. The molecule has 0 aliphatic rings. The van der Waals surface area contributed by atoms with Gasteiger partial charge in [0.25, 0.3) is 0 Å². The van der Waals surface area contributed by atoms with E-state index < -0.39 is 11.9 Å². The Balaban J connectivity index is 3.99. The first-order valence-corrected chi connectivity index (χ1v) is 3.47. The molecule has 0 spiro atoms. The van der Waals surface area contributed by atoms with Crippen LogP contribution in [-0.4, -0.2) is 24.3 Å². The zero-order valence-corrected chi connectivity index (χ0v) is 7.29. The topological polar surface area (TPSA) is 65.0 Å². The van der Waals surface area contributed by atoms with Gasteiger partial charge in [-0.25, -0.2) is 9.59 Å². The number of carbonyl (C=O) groups excluding carboxylic acids is 2. The number of oxime groups is 1. The molecule has 12 heavy (non-hydrogen) atoms. The largest absolute Gasteiger partial charge is 0.461 e. The highest BCUT2D eigenvalue weighted by Gasteiger charge is 2.06. The van der Waals surface area contributed by atoms with Gasteiger partial charge in [0.05, 0.1) is 6.61 Å². The minimum Gasteiger partial charge on any atom is -0.461 e. The number of esters is 1. The quantitative estimate of drug-likeness (QED) is 0.269. The second kappa shape index (κ2) is 5.29. The maximum Gasteiger partial charge on any atom is 0.355 e. The van der Waals surface area contributed by atoms with Crippen molar-refractivity contribution >= 4 is 17.7 Å². The molecule has 0 fully saturated rings. The van der Waals surface area contributed by atoms with Crippen molar-refractivity contribution in [2.45, 2.75) is 20.8 Å². The van der Waals surface area contributed by atoms with Crippen LogP contribution in [-0.2, 0) is 19.2 Å². The molecular formula is C7H11NO4. The fourth-order valence-electron chi connectivity index (χ4n) is 0.406. The van der Waals surface area contributed by atoms with Crippen LogP contribution in [0.15, 0.2) is 5.16 Å². The molecule has 0 N–H and O–H groups in total. The van der Waals surface area contributed by atoms with Crippen LogP contribution in [0.5, 0.6) is 0 Å². The molecule has 0 atom stereocenters. The van der Waals surface area contributed by atoms with E-state index >= 15 is 0 Å². The molecule has 68 valence electrons. The fourth-order valence-corrected chi connectivity index (χ4v) is 0.406. The summed E-state index contributed by atoms with van der Waals surface area (Å²) >= 11 is 0. The predicted octanol–water partition coefficient (Wildman–Crippen LogP) is 0.488. The molecule has 0 rings (SSSR count). The van der Waals surface area contributed by atoms with Crippen molar-refractivity contribution in [3.8, 4) is 0 Å². The Morgan fingerprint density at radius 1 is 1.33 bits per heavy atom. The van der Waals surface area contributed by atoms with E-state index in [0.717, 1.165) is 0 Å². The van der Waals surface area contributed by atoms with Gasteiger partial charge in [-0.3, -0.25) is 0 Å². The summed E-state index contributed by atoms with van der Waals surface area (Å²) in [7, 11) is 0. The maximum atomic E-state index is 10.8. The first kappa shape index (κ1) is 10.6. The molecule has 5 heteroatoms. The highest BCUT2D eigenvalue weighted by molar-refractivity contribution is 6.35. The van der Waals surface area contributed by atoms with E-state index in [1.807, 2.05) is 0 Å². The van der Waals surface area contributed by atoms with Crippen LogP contribution in [0.2, 0.25) is 0 Å². The van der Waals surface area contributed by atoms with E-state index in [1.54, 1.807) is 6.92 Å². The van der Waals surface area contributed by atoms with Crippen molar-refractivity contribution < 1.29 is 19.2 Å². The van der Waals surface area contributed by atoms with Crippen molar-refractivity contribution in [3.05, 3.63) is 0 Å². The number of ether oxygens (including phenoxy) is 1. The van der Waals surface area contributed by atoms with E-state index in [9.17, 15) is 9.59 Å². The van der Waals surface area contributed by atoms with Gasteiger partial charge in [-0.1, -0.05) is 5.16 Å².